The number of fused-ring (bicyclic) bond motifs is 1. The number of aliphatic hydroxyl groups is 1. The number of anilines is 1. The Balaban J connectivity index is 2.08. The lowest BCUT2D eigenvalue weighted by atomic mass is 9.96. The van der Waals surface area contributed by atoms with Crippen LogP contribution < -0.4 is 15.0 Å². The Bertz CT molecular complexity index is 1180. The molecule has 1 aromatic rings. The molecular weight excluding hydrogens is 545 g/mol. The molecule has 0 saturated carbocycles. The number of piperidine rings is 1. The van der Waals surface area contributed by atoms with E-state index in [4.69, 9.17) is 4.74 Å². The first-order valence-electron chi connectivity index (χ1n) is 13.8. The monoisotopic (exact) mass is 584 g/mol. The summed E-state index contributed by atoms with van der Waals surface area (Å²) in [5, 5.41) is 12.4. The molecular formula is C28H39F3N4O6. The first-order valence-corrected chi connectivity index (χ1v) is 13.8. The van der Waals surface area contributed by atoms with Gasteiger partial charge in [0.25, 0.3) is 17.7 Å². The van der Waals surface area contributed by atoms with Crippen LogP contribution in [0.2, 0.25) is 0 Å². The van der Waals surface area contributed by atoms with Crippen molar-refractivity contribution in [3.05, 3.63) is 23.3 Å². The average Bonchev–Trinajstić information content (AvgIpc) is 2.88. The molecule has 2 atom stereocenters. The van der Waals surface area contributed by atoms with Crippen LogP contribution in [0.5, 0.6) is 5.75 Å². The molecule has 228 valence electrons. The summed E-state index contributed by atoms with van der Waals surface area (Å²) in [6.07, 6.45) is -4.98. The summed E-state index contributed by atoms with van der Waals surface area (Å²) in [5.74, 6) is -2.41. The zero-order valence-electron chi connectivity index (χ0n) is 24.3. The maximum Gasteiger partial charge on any atom is 0.417 e. The summed E-state index contributed by atoms with van der Waals surface area (Å²) in [5.41, 5.74) is -3.34. The number of likely N-dealkylation sites (tertiary alicyclic amines) is 1. The molecule has 0 aliphatic carbocycles. The van der Waals surface area contributed by atoms with Crippen LogP contribution in [-0.4, -0.2) is 88.5 Å². The van der Waals surface area contributed by atoms with Crippen molar-refractivity contribution in [1.29, 1.82) is 0 Å². The van der Waals surface area contributed by atoms with E-state index in [0.29, 0.717) is 19.4 Å². The lowest BCUT2D eigenvalue weighted by molar-refractivity contribution is -0.141. The molecule has 0 unspecified atom stereocenters. The minimum atomic E-state index is -4.92. The van der Waals surface area contributed by atoms with Crippen molar-refractivity contribution < 1.29 is 42.2 Å². The summed E-state index contributed by atoms with van der Waals surface area (Å²) < 4.78 is 48.9. The van der Waals surface area contributed by atoms with Crippen molar-refractivity contribution in [3.8, 4) is 5.75 Å². The number of hydrogen-bond acceptors (Lipinski definition) is 6. The molecule has 2 heterocycles. The molecule has 41 heavy (non-hydrogen) atoms. The number of carbonyl (C=O) groups is 4. The molecule has 1 saturated heterocycles. The van der Waals surface area contributed by atoms with Crippen molar-refractivity contribution >= 4 is 29.3 Å². The third kappa shape index (κ3) is 6.94. The SMILES string of the molecule is CCC(=O)NCCN1C(=O)C(C)(C)Oc2cc(C(F)(F)F)c(C(=O)N(C(C)C)[C@@H]3CCCN(C(=O)[C@H](C)O)C3)cc21. The maximum atomic E-state index is 14.4. The second-order valence-corrected chi connectivity index (χ2v) is 11.2. The van der Waals surface area contributed by atoms with Crippen LogP contribution in [-0.2, 0) is 20.6 Å². The normalized spacial score (nSPS) is 19.4. The van der Waals surface area contributed by atoms with Gasteiger partial charge in [-0.05, 0) is 59.6 Å². The van der Waals surface area contributed by atoms with E-state index in [1.807, 2.05) is 0 Å². The van der Waals surface area contributed by atoms with Gasteiger partial charge in [-0.2, -0.15) is 13.2 Å². The number of aliphatic hydroxyl groups excluding tert-OH is 1. The van der Waals surface area contributed by atoms with Gasteiger partial charge in [0.05, 0.1) is 16.8 Å². The number of nitrogens with one attached hydrogen (secondary N) is 1. The Labute approximate surface area is 237 Å². The van der Waals surface area contributed by atoms with Crippen LogP contribution in [0, 0.1) is 0 Å². The average molecular weight is 585 g/mol. The molecule has 0 spiro atoms. The van der Waals surface area contributed by atoms with Crippen LogP contribution in [0.1, 0.15) is 76.7 Å². The highest BCUT2D eigenvalue weighted by atomic mass is 19.4. The lowest BCUT2D eigenvalue weighted by Crippen LogP contribution is -2.55. The van der Waals surface area contributed by atoms with Crippen molar-refractivity contribution in [2.75, 3.05) is 31.1 Å². The van der Waals surface area contributed by atoms with E-state index in [1.165, 1.54) is 35.5 Å². The first-order chi connectivity index (χ1) is 19.0. The predicted molar refractivity (Wildman–Crippen MR) is 144 cm³/mol. The third-order valence-corrected chi connectivity index (χ3v) is 7.28. The van der Waals surface area contributed by atoms with Gasteiger partial charge in [0.2, 0.25) is 5.91 Å². The number of ether oxygens (including phenoxy) is 1. The van der Waals surface area contributed by atoms with Crippen LogP contribution in [0.25, 0.3) is 0 Å². The number of hydrogen-bond donors (Lipinski definition) is 2. The molecule has 13 heteroatoms. The number of rotatable bonds is 8. The van der Waals surface area contributed by atoms with Gasteiger partial charge in [-0.15, -0.1) is 0 Å². The topological polar surface area (TPSA) is 119 Å². The molecule has 4 amide bonds. The number of alkyl halides is 3. The fraction of sp³-hybridized carbons (Fsp3) is 0.643. The summed E-state index contributed by atoms with van der Waals surface area (Å²) >= 11 is 0. The maximum absolute atomic E-state index is 14.4. The van der Waals surface area contributed by atoms with E-state index in [-0.39, 0.29) is 43.4 Å². The second kappa shape index (κ2) is 12.3. The lowest BCUT2D eigenvalue weighted by Gasteiger charge is -2.42. The van der Waals surface area contributed by atoms with Gasteiger partial charge >= 0.3 is 6.18 Å². The molecule has 2 N–H and O–H groups in total. The quantitative estimate of drug-likeness (QED) is 0.485. The highest BCUT2D eigenvalue weighted by Gasteiger charge is 2.45. The highest BCUT2D eigenvalue weighted by molar-refractivity contribution is 6.05. The van der Waals surface area contributed by atoms with Crippen molar-refractivity contribution in [1.82, 2.24) is 15.1 Å². The van der Waals surface area contributed by atoms with Crippen molar-refractivity contribution in [2.45, 2.75) is 90.8 Å². The second-order valence-electron chi connectivity index (χ2n) is 11.2. The van der Waals surface area contributed by atoms with E-state index >= 15 is 0 Å². The van der Waals surface area contributed by atoms with Crippen LogP contribution in [0.3, 0.4) is 0 Å². The van der Waals surface area contributed by atoms with Gasteiger partial charge in [-0.3, -0.25) is 19.2 Å². The number of carbonyl (C=O) groups excluding carboxylic acids is 4. The van der Waals surface area contributed by atoms with E-state index in [9.17, 15) is 37.5 Å². The zero-order chi connectivity index (χ0) is 30.9. The number of benzene rings is 1. The summed E-state index contributed by atoms with van der Waals surface area (Å²) in [6.45, 7) is 9.67. The van der Waals surface area contributed by atoms with Crippen LogP contribution in [0.4, 0.5) is 18.9 Å². The molecule has 1 aromatic carbocycles. The highest BCUT2D eigenvalue weighted by Crippen LogP contribution is 2.44. The molecule has 10 nitrogen and oxygen atoms in total. The van der Waals surface area contributed by atoms with E-state index < -0.39 is 58.8 Å². The molecule has 1 fully saturated rings. The van der Waals surface area contributed by atoms with Gasteiger partial charge < -0.3 is 29.9 Å². The first kappa shape index (κ1) is 32.2. The number of amides is 4. The molecule has 2 aliphatic rings. The Morgan fingerprint density at radius 3 is 2.44 bits per heavy atom. The Morgan fingerprint density at radius 2 is 1.88 bits per heavy atom. The summed E-state index contributed by atoms with van der Waals surface area (Å²) in [6, 6.07) is 0.667. The largest absolute Gasteiger partial charge is 0.476 e. The van der Waals surface area contributed by atoms with Crippen LogP contribution >= 0.6 is 0 Å². The van der Waals surface area contributed by atoms with Gasteiger partial charge in [0, 0.05) is 44.7 Å². The Kier molecular flexibility index (Phi) is 9.62. The van der Waals surface area contributed by atoms with Crippen LogP contribution in [0.15, 0.2) is 12.1 Å². The van der Waals surface area contributed by atoms with Crippen molar-refractivity contribution in [3.63, 3.8) is 0 Å². The third-order valence-electron chi connectivity index (χ3n) is 7.28. The number of nitrogens with zero attached hydrogens (tertiary/aromatic N) is 3. The Hall–Kier alpha value is -3.35. The predicted octanol–water partition coefficient (Wildman–Crippen LogP) is 2.96. The molecule has 0 radical (unpaired) electrons. The van der Waals surface area contributed by atoms with Gasteiger partial charge in [-0.25, -0.2) is 0 Å². The van der Waals surface area contributed by atoms with E-state index in [2.05, 4.69) is 5.32 Å². The molecule has 2 aliphatic heterocycles. The van der Waals surface area contributed by atoms with Gasteiger partial charge in [0.1, 0.15) is 11.9 Å². The molecule has 0 bridgehead atoms. The van der Waals surface area contributed by atoms with Gasteiger partial charge in [-0.1, -0.05) is 6.92 Å². The van der Waals surface area contributed by atoms with Gasteiger partial charge in [0.15, 0.2) is 5.60 Å². The fourth-order valence-electron chi connectivity index (χ4n) is 5.29. The summed E-state index contributed by atoms with van der Waals surface area (Å²) in [4.78, 5) is 55.4. The minimum absolute atomic E-state index is 0.00492. The molecule has 0 aromatic heterocycles. The standard InChI is InChI=1S/C28H39F3N4O6/c1-7-23(37)32-10-12-34-21-13-19(20(28(29,30)31)14-22(21)41-27(5,6)26(34)40)25(39)35(16(2)3)18-9-8-11-33(15-18)24(38)17(4)36/h13-14,16-18,36H,7-12,15H2,1-6H3,(H,32,37)/t17-,18+/m0/s1. The zero-order valence-corrected chi connectivity index (χ0v) is 24.3. The van der Waals surface area contributed by atoms with E-state index in [0.717, 1.165) is 12.1 Å². The minimum Gasteiger partial charge on any atom is -0.476 e. The number of halogens is 3. The summed E-state index contributed by atoms with van der Waals surface area (Å²) in [7, 11) is 0. The van der Waals surface area contributed by atoms with E-state index in [1.54, 1.807) is 20.8 Å². The molecule has 3 rings (SSSR count). The fourth-order valence-corrected chi connectivity index (χ4v) is 5.29. The Morgan fingerprint density at radius 1 is 1.22 bits per heavy atom. The smallest absolute Gasteiger partial charge is 0.417 e. The van der Waals surface area contributed by atoms with Crippen molar-refractivity contribution in [2.24, 2.45) is 0 Å².